The average Bonchev–Trinajstić information content (AvgIpc) is 2.45. The van der Waals surface area contributed by atoms with Crippen LogP contribution in [0.25, 0.3) is 0 Å². The van der Waals surface area contributed by atoms with Crippen molar-refractivity contribution in [3.05, 3.63) is 35.9 Å². The number of hydrogen-bond acceptors (Lipinski definition) is 4. The number of amides is 2. The van der Waals surface area contributed by atoms with Gasteiger partial charge in [0.2, 0.25) is 0 Å². The largest absolute Gasteiger partial charge is 0.479 e. The maximum Gasteiger partial charge on any atom is 0.330 e. The van der Waals surface area contributed by atoms with Gasteiger partial charge in [0.05, 0.1) is 11.5 Å². The van der Waals surface area contributed by atoms with E-state index in [9.17, 15) is 23.1 Å². The summed E-state index contributed by atoms with van der Waals surface area (Å²) in [6.45, 7) is 0.157. The number of nitrogens with one attached hydrogen (secondary N) is 1. The molecule has 1 aliphatic heterocycles. The maximum atomic E-state index is 12.1. The van der Waals surface area contributed by atoms with Gasteiger partial charge in [-0.25, -0.2) is 18.0 Å². The number of urea groups is 1. The van der Waals surface area contributed by atoms with Crippen LogP contribution in [-0.2, 0) is 14.6 Å². The van der Waals surface area contributed by atoms with Crippen molar-refractivity contribution in [3.8, 4) is 0 Å². The van der Waals surface area contributed by atoms with E-state index in [-0.39, 0.29) is 24.6 Å². The molecule has 0 unspecified atom stereocenters. The third-order valence-corrected chi connectivity index (χ3v) is 4.89. The van der Waals surface area contributed by atoms with E-state index in [1.807, 2.05) is 0 Å². The van der Waals surface area contributed by atoms with Crippen molar-refractivity contribution in [1.29, 1.82) is 0 Å². The van der Waals surface area contributed by atoms with Gasteiger partial charge in [-0.3, -0.25) is 0 Å². The monoisotopic (exact) mass is 312 g/mol. The Hall–Kier alpha value is -2.09. The molecular weight excluding hydrogens is 296 g/mol. The van der Waals surface area contributed by atoms with Crippen LogP contribution in [-0.4, -0.2) is 55.0 Å². The molecule has 1 saturated heterocycles. The van der Waals surface area contributed by atoms with Gasteiger partial charge in [0.15, 0.2) is 15.9 Å². The first-order valence-electron chi connectivity index (χ1n) is 6.43. The van der Waals surface area contributed by atoms with Crippen LogP contribution in [0.5, 0.6) is 0 Å². The maximum absolute atomic E-state index is 12.1. The van der Waals surface area contributed by atoms with E-state index in [0.717, 1.165) is 0 Å². The van der Waals surface area contributed by atoms with Gasteiger partial charge in [-0.15, -0.1) is 0 Å². The summed E-state index contributed by atoms with van der Waals surface area (Å²) in [5.74, 6) is -1.35. The molecule has 8 heteroatoms. The molecule has 0 spiro atoms. The quantitative estimate of drug-likeness (QED) is 0.833. The van der Waals surface area contributed by atoms with Crippen LogP contribution >= 0.6 is 0 Å². The molecule has 0 radical (unpaired) electrons. The third-order valence-electron chi connectivity index (χ3n) is 3.28. The van der Waals surface area contributed by atoms with Crippen molar-refractivity contribution in [2.75, 3.05) is 24.6 Å². The van der Waals surface area contributed by atoms with Crippen LogP contribution in [0.1, 0.15) is 11.6 Å². The van der Waals surface area contributed by atoms with E-state index in [4.69, 9.17) is 0 Å². The minimum atomic E-state index is -3.08. The van der Waals surface area contributed by atoms with Crippen molar-refractivity contribution in [3.63, 3.8) is 0 Å². The summed E-state index contributed by atoms with van der Waals surface area (Å²) in [7, 11) is -3.08. The van der Waals surface area contributed by atoms with Crippen LogP contribution in [0.2, 0.25) is 0 Å². The molecule has 2 amide bonds. The highest BCUT2D eigenvalue weighted by molar-refractivity contribution is 7.91. The molecule has 0 aliphatic carbocycles. The summed E-state index contributed by atoms with van der Waals surface area (Å²) in [5.41, 5.74) is 0.461. The van der Waals surface area contributed by atoms with Crippen molar-refractivity contribution < 1.29 is 23.1 Å². The lowest BCUT2D eigenvalue weighted by atomic mass is 10.1. The lowest BCUT2D eigenvalue weighted by Crippen LogP contribution is -2.49. The summed E-state index contributed by atoms with van der Waals surface area (Å²) < 4.78 is 22.6. The van der Waals surface area contributed by atoms with E-state index < -0.39 is 27.9 Å². The third kappa shape index (κ3) is 3.94. The Kier molecular flexibility index (Phi) is 4.46. The molecule has 1 atom stereocenters. The van der Waals surface area contributed by atoms with Gasteiger partial charge < -0.3 is 15.3 Å². The predicted molar refractivity (Wildman–Crippen MR) is 75.6 cm³/mol. The first-order chi connectivity index (χ1) is 9.89. The second kappa shape index (κ2) is 6.13. The van der Waals surface area contributed by atoms with E-state index in [1.165, 1.54) is 4.90 Å². The highest BCUT2D eigenvalue weighted by Crippen LogP contribution is 2.14. The molecule has 21 heavy (non-hydrogen) atoms. The molecule has 7 nitrogen and oxygen atoms in total. The number of carbonyl (C=O) groups excluding carboxylic acids is 1. The number of nitrogens with zero attached hydrogens (tertiary/aromatic N) is 1. The molecule has 0 aromatic heterocycles. The first kappa shape index (κ1) is 15.3. The van der Waals surface area contributed by atoms with E-state index in [2.05, 4.69) is 5.32 Å². The Morgan fingerprint density at radius 1 is 1.14 bits per heavy atom. The predicted octanol–water partition coefficient (Wildman–Crippen LogP) is 0.252. The van der Waals surface area contributed by atoms with Crippen LogP contribution in [0.15, 0.2) is 30.3 Å². The Morgan fingerprint density at radius 2 is 1.71 bits per heavy atom. The molecule has 0 saturated carbocycles. The van der Waals surface area contributed by atoms with E-state index in [1.54, 1.807) is 30.3 Å². The normalized spacial score (nSPS) is 18.8. The van der Waals surface area contributed by atoms with Crippen molar-refractivity contribution >= 4 is 21.8 Å². The van der Waals surface area contributed by atoms with Gasteiger partial charge in [-0.1, -0.05) is 30.3 Å². The number of carbonyl (C=O) groups is 2. The molecule has 1 heterocycles. The second-order valence-electron chi connectivity index (χ2n) is 4.77. The van der Waals surface area contributed by atoms with Crippen LogP contribution < -0.4 is 5.32 Å². The summed E-state index contributed by atoms with van der Waals surface area (Å²) >= 11 is 0. The fourth-order valence-electron chi connectivity index (χ4n) is 2.06. The molecule has 0 bridgehead atoms. The minimum absolute atomic E-state index is 0.0787. The molecule has 1 aromatic rings. The standard InChI is InChI=1S/C13H16N2O5S/c16-12(17)11(10-4-2-1-3-5-10)14-13(18)15-6-8-21(19,20)9-7-15/h1-5,11H,6-9H2,(H,14,18)(H,16,17)/t11-/m0/s1. The van der Waals surface area contributed by atoms with Gasteiger partial charge in [0.25, 0.3) is 0 Å². The molecule has 2 N–H and O–H groups in total. The Morgan fingerprint density at radius 3 is 2.24 bits per heavy atom. The van der Waals surface area contributed by atoms with Gasteiger partial charge in [0, 0.05) is 13.1 Å². The second-order valence-corrected chi connectivity index (χ2v) is 7.07. The molecule has 1 fully saturated rings. The minimum Gasteiger partial charge on any atom is -0.479 e. The number of sulfone groups is 1. The van der Waals surface area contributed by atoms with Gasteiger partial charge in [-0.05, 0) is 5.56 Å². The van der Waals surface area contributed by atoms with Crippen molar-refractivity contribution in [2.45, 2.75) is 6.04 Å². The van der Waals surface area contributed by atoms with Gasteiger partial charge >= 0.3 is 12.0 Å². The molecule has 2 rings (SSSR count). The zero-order chi connectivity index (χ0) is 15.5. The van der Waals surface area contributed by atoms with Crippen molar-refractivity contribution in [2.24, 2.45) is 0 Å². The Balaban J connectivity index is 2.05. The summed E-state index contributed by atoms with van der Waals surface area (Å²) in [6.07, 6.45) is 0. The highest BCUT2D eigenvalue weighted by Gasteiger charge is 2.28. The SMILES string of the molecule is O=C(O)[C@@H](NC(=O)N1CCS(=O)(=O)CC1)c1ccccc1. The number of carboxylic acids is 1. The number of aliphatic carboxylic acids is 1. The van der Waals surface area contributed by atoms with Crippen molar-refractivity contribution in [1.82, 2.24) is 10.2 Å². The van der Waals surface area contributed by atoms with E-state index in [0.29, 0.717) is 5.56 Å². The fraction of sp³-hybridized carbons (Fsp3) is 0.385. The lowest BCUT2D eigenvalue weighted by molar-refractivity contribution is -0.139. The van der Waals surface area contributed by atoms with Crippen LogP contribution in [0.4, 0.5) is 4.79 Å². The summed E-state index contributed by atoms with van der Waals surface area (Å²) in [5, 5.41) is 11.7. The highest BCUT2D eigenvalue weighted by atomic mass is 32.2. The topological polar surface area (TPSA) is 104 Å². The molecule has 114 valence electrons. The number of benzene rings is 1. The zero-order valence-corrected chi connectivity index (χ0v) is 12.0. The Bertz CT molecular complexity index is 615. The van der Waals surface area contributed by atoms with Gasteiger partial charge in [-0.2, -0.15) is 0 Å². The number of carboxylic acid groups (broad SMARTS) is 1. The molecular formula is C13H16N2O5S. The number of hydrogen-bond donors (Lipinski definition) is 2. The summed E-state index contributed by atoms with van der Waals surface area (Å²) in [4.78, 5) is 24.7. The van der Waals surface area contributed by atoms with Gasteiger partial charge in [0.1, 0.15) is 0 Å². The number of rotatable bonds is 3. The molecule has 1 aliphatic rings. The first-order valence-corrected chi connectivity index (χ1v) is 8.25. The molecule has 1 aromatic carbocycles. The van der Waals surface area contributed by atoms with E-state index >= 15 is 0 Å². The lowest BCUT2D eigenvalue weighted by Gasteiger charge is -2.28. The van der Waals surface area contributed by atoms with Crippen LogP contribution in [0, 0.1) is 0 Å². The summed E-state index contributed by atoms with van der Waals surface area (Å²) in [6, 6.07) is 6.62. The average molecular weight is 312 g/mol. The zero-order valence-electron chi connectivity index (χ0n) is 11.2. The van der Waals surface area contributed by atoms with Crippen LogP contribution in [0.3, 0.4) is 0 Å². The fourth-order valence-corrected chi connectivity index (χ4v) is 3.26. The smallest absolute Gasteiger partial charge is 0.330 e. The Labute approximate surface area is 122 Å².